The summed E-state index contributed by atoms with van der Waals surface area (Å²) in [6.45, 7) is 3.76. The van der Waals surface area contributed by atoms with Gasteiger partial charge in [0.1, 0.15) is 24.4 Å². The van der Waals surface area contributed by atoms with Gasteiger partial charge in [0.25, 0.3) is 0 Å². The molecule has 1 rings (SSSR count). The van der Waals surface area contributed by atoms with E-state index < -0.39 is 49.5 Å². The number of allylic oxidation sites excluding steroid dienone is 10. The molecule has 1 saturated heterocycles. The van der Waals surface area contributed by atoms with Crippen molar-refractivity contribution in [3.05, 3.63) is 60.8 Å². The van der Waals surface area contributed by atoms with Crippen LogP contribution in [-0.4, -0.2) is 87.5 Å². The molecule has 1 aliphatic heterocycles. The predicted molar refractivity (Wildman–Crippen MR) is 318 cm³/mol. The lowest BCUT2D eigenvalue weighted by atomic mass is 9.99. The van der Waals surface area contributed by atoms with Crippen LogP contribution in [0.3, 0.4) is 0 Å². The van der Waals surface area contributed by atoms with Crippen molar-refractivity contribution < 1.29 is 39.8 Å². The molecule has 1 heterocycles. The number of hydrogen-bond donors (Lipinski definition) is 6. The average molecular weight is 1060 g/mol. The number of unbranched alkanes of at least 4 members (excludes halogenated alkanes) is 35. The number of aliphatic hydroxyl groups excluding tert-OH is 5. The summed E-state index contributed by atoms with van der Waals surface area (Å²) < 4.78 is 11.3. The van der Waals surface area contributed by atoms with Crippen molar-refractivity contribution in [3.8, 4) is 0 Å². The fourth-order valence-corrected chi connectivity index (χ4v) is 10.1. The van der Waals surface area contributed by atoms with Crippen molar-refractivity contribution in [1.29, 1.82) is 0 Å². The van der Waals surface area contributed by atoms with Gasteiger partial charge in [-0.05, 0) is 57.8 Å². The molecule has 438 valence electrons. The molecule has 0 saturated carbocycles. The Morgan fingerprint density at radius 2 is 0.827 bits per heavy atom. The number of ether oxygens (including phenoxy) is 2. The summed E-state index contributed by atoms with van der Waals surface area (Å²) in [5.74, 6) is -0.146. The second-order valence-electron chi connectivity index (χ2n) is 22.2. The second-order valence-corrected chi connectivity index (χ2v) is 22.2. The standard InChI is InChI=1S/C66H121NO8/c1-3-5-7-9-11-13-15-17-19-21-23-25-27-29-30-32-34-36-38-40-42-44-46-48-50-52-54-56-62(70)67-59(58-74-66-65(73)64(72)63(71)61(57-68)75-66)60(69)55-53-51-49-47-45-43-41-39-37-35-33-31-28-26-24-22-20-18-16-14-12-10-8-6-4-2/h5,7,11,13,17,19,23,25,29-30,59-61,63-66,68-69,71-73H,3-4,6,8-10,12,14-16,18,20-22,24,26-28,31-58H2,1-2H3,(H,67,70)/b7-5-,13-11-,19-17-,25-23-,30-29-. The van der Waals surface area contributed by atoms with E-state index in [0.717, 1.165) is 70.6 Å². The molecule has 0 aromatic carbocycles. The molecule has 0 bridgehead atoms. The third kappa shape index (κ3) is 44.4. The minimum absolute atomic E-state index is 0.140. The van der Waals surface area contributed by atoms with Gasteiger partial charge in [0, 0.05) is 6.42 Å². The largest absolute Gasteiger partial charge is 0.394 e. The zero-order valence-corrected chi connectivity index (χ0v) is 48.8. The van der Waals surface area contributed by atoms with E-state index in [4.69, 9.17) is 9.47 Å². The van der Waals surface area contributed by atoms with Crippen LogP contribution in [0.2, 0.25) is 0 Å². The van der Waals surface area contributed by atoms with E-state index in [9.17, 15) is 30.3 Å². The highest BCUT2D eigenvalue weighted by atomic mass is 16.7. The first-order chi connectivity index (χ1) is 36.8. The van der Waals surface area contributed by atoms with Gasteiger partial charge in [-0.3, -0.25) is 4.79 Å². The number of carbonyl (C=O) groups is 1. The Labute approximate surface area is 462 Å². The van der Waals surface area contributed by atoms with E-state index in [1.807, 2.05) is 0 Å². The Morgan fingerprint density at radius 3 is 1.23 bits per heavy atom. The number of hydrogen-bond acceptors (Lipinski definition) is 8. The van der Waals surface area contributed by atoms with Crippen LogP contribution in [0.15, 0.2) is 60.8 Å². The number of carbonyl (C=O) groups excluding carboxylic acids is 1. The van der Waals surface area contributed by atoms with Crippen molar-refractivity contribution in [2.75, 3.05) is 13.2 Å². The first-order valence-electron chi connectivity index (χ1n) is 32.0. The third-order valence-electron chi connectivity index (χ3n) is 15.1. The van der Waals surface area contributed by atoms with E-state index in [0.29, 0.717) is 12.8 Å². The van der Waals surface area contributed by atoms with Gasteiger partial charge in [0.15, 0.2) is 6.29 Å². The number of amides is 1. The Bertz CT molecular complexity index is 1360. The zero-order valence-electron chi connectivity index (χ0n) is 48.8. The van der Waals surface area contributed by atoms with E-state index in [1.54, 1.807) is 0 Å². The summed E-state index contributed by atoms with van der Waals surface area (Å²) in [4.78, 5) is 13.1. The Balaban J connectivity index is 2.17. The van der Waals surface area contributed by atoms with E-state index in [1.165, 1.54) is 199 Å². The summed E-state index contributed by atoms with van der Waals surface area (Å²) >= 11 is 0. The lowest BCUT2D eigenvalue weighted by Crippen LogP contribution is -2.60. The molecule has 6 N–H and O–H groups in total. The van der Waals surface area contributed by atoms with Crippen LogP contribution < -0.4 is 5.32 Å². The predicted octanol–water partition coefficient (Wildman–Crippen LogP) is 16.6. The van der Waals surface area contributed by atoms with Crippen molar-refractivity contribution in [3.63, 3.8) is 0 Å². The normalized spacial score (nSPS) is 19.3. The molecule has 1 amide bonds. The van der Waals surface area contributed by atoms with Gasteiger partial charge in [0.05, 0.1) is 25.4 Å². The van der Waals surface area contributed by atoms with E-state index in [2.05, 4.69) is 79.9 Å². The van der Waals surface area contributed by atoms with Gasteiger partial charge in [-0.25, -0.2) is 0 Å². The summed E-state index contributed by atoms with van der Waals surface area (Å²) in [7, 11) is 0. The van der Waals surface area contributed by atoms with Gasteiger partial charge in [-0.15, -0.1) is 0 Å². The highest BCUT2D eigenvalue weighted by molar-refractivity contribution is 5.76. The maximum Gasteiger partial charge on any atom is 0.220 e. The zero-order chi connectivity index (χ0) is 54.3. The molecule has 0 spiro atoms. The first kappa shape index (κ1) is 70.9. The van der Waals surface area contributed by atoms with Crippen molar-refractivity contribution in [1.82, 2.24) is 5.32 Å². The molecule has 7 unspecified atom stereocenters. The maximum absolute atomic E-state index is 13.1. The van der Waals surface area contributed by atoms with Gasteiger partial charge in [-0.2, -0.15) is 0 Å². The Morgan fingerprint density at radius 1 is 0.467 bits per heavy atom. The van der Waals surface area contributed by atoms with Crippen LogP contribution in [-0.2, 0) is 14.3 Å². The molecule has 0 aromatic rings. The van der Waals surface area contributed by atoms with Crippen molar-refractivity contribution in [2.45, 2.75) is 339 Å². The number of nitrogens with one attached hydrogen (secondary N) is 1. The van der Waals surface area contributed by atoms with Gasteiger partial charge < -0.3 is 40.3 Å². The van der Waals surface area contributed by atoms with Crippen molar-refractivity contribution >= 4 is 5.91 Å². The molecular weight excluding hydrogens is 935 g/mol. The Hall–Kier alpha value is -2.11. The summed E-state index contributed by atoms with van der Waals surface area (Å²) in [6, 6.07) is -0.725. The van der Waals surface area contributed by atoms with Crippen LogP contribution >= 0.6 is 0 Å². The molecule has 0 aromatic heterocycles. The van der Waals surface area contributed by atoms with Gasteiger partial charge in [0.2, 0.25) is 5.91 Å². The summed E-state index contributed by atoms with van der Waals surface area (Å²) in [5.41, 5.74) is 0. The number of aliphatic hydroxyl groups is 5. The second kappa shape index (κ2) is 55.2. The summed E-state index contributed by atoms with van der Waals surface area (Å²) in [6.07, 6.45) is 68.3. The lowest BCUT2D eigenvalue weighted by Gasteiger charge is -2.40. The van der Waals surface area contributed by atoms with Gasteiger partial charge >= 0.3 is 0 Å². The highest BCUT2D eigenvalue weighted by Gasteiger charge is 2.44. The van der Waals surface area contributed by atoms with E-state index >= 15 is 0 Å². The molecule has 1 aliphatic rings. The molecular formula is C66H121NO8. The Kier molecular flexibility index (Phi) is 52.2. The molecule has 0 radical (unpaired) electrons. The van der Waals surface area contributed by atoms with Crippen molar-refractivity contribution in [2.24, 2.45) is 0 Å². The van der Waals surface area contributed by atoms with Crippen LogP contribution in [0.25, 0.3) is 0 Å². The van der Waals surface area contributed by atoms with Crippen LogP contribution in [0, 0.1) is 0 Å². The van der Waals surface area contributed by atoms with Gasteiger partial charge in [-0.1, -0.05) is 293 Å². The fourth-order valence-electron chi connectivity index (χ4n) is 10.1. The van der Waals surface area contributed by atoms with Crippen LogP contribution in [0.4, 0.5) is 0 Å². The lowest BCUT2D eigenvalue weighted by molar-refractivity contribution is -0.302. The smallest absolute Gasteiger partial charge is 0.220 e. The topological polar surface area (TPSA) is 149 Å². The fraction of sp³-hybridized carbons (Fsp3) is 0.833. The average Bonchev–Trinajstić information content (AvgIpc) is 3.41. The molecule has 9 nitrogen and oxygen atoms in total. The maximum atomic E-state index is 13.1. The highest BCUT2D eigenvalue weighted by Crippen LogP contribution is 2.23. The SMILES string of the molecule is CC/C=C\C/C=C\C/C=C\C/C=C\C/C=C\CCCCCCCCCCCCCC(=O)NC(COC1OC(CO)C(O)C(O)C1O)C(O)CCCCCCCCCCCCCCCCCCCCCCCCCCC. The number of rotatable bonds is 55. The van der Waals surface area contributed by atoms with Crippen LogP contribution in [0.5, 0.6) is 0 Å². The molecule has 75 heavy (non-hydrogen) atoms. The molecule has 0 aliphatic carbocycles. The quantitative estimate of drug-likeness (QED) is 0.0261. The molecule has 1 fully saturated rings. The molecule has 9 heteroatoms. The van der Waals surface area contributed by atoms with E-state index in [-0.39, 0.29) is 12.5 Å². The monoisotopic (exact) mass is 1060 g/mol. The molecule has 7 atom stereocenters. The van der Waals surface area contributed by atoms with Crippen LogP contribution in [0.1, 0.15) is 296 Å². The minimum Gasteiger partial charge on any atom is -0.394 e. The minimum atomic E-state index is -1.56. The third-order valence-corrected chi connectivity index (χ3v) is 15.1. The summed E-state index contributed by atoms with van der Waals surface area (Å²) in [5, 5.41) is 54.8. The first-order valence-corrected chi connectivity index (χ1v) is 32.0.